The summed E-state index contributed by atoms with van der Waals surface area (Å²) in [7, 11) is 0. The Hall–Kier alpha value is -1.79. The SMILES string of the molecule is CC(C)(C)OC(=O)N1CCC(N2CC(C3COCCN3c3ccccc3)C2)CC1. The van der Waals surface area contributed by atoms with Gasteiger partial charge in [-0.15, -0.1) is 0 Å². The molecule has 1 amide bonds. The molecular formula is C23H35N3O3. The van der Waals surface area contributed by atoms with E-state index in [0.717, 1.165) is 58.8 Å². The van der Waals surface area contributed by atoms with E-state index in [1.807, 2.05) is 25.7 Å². The number of benzene rings is 1. The van der Waals surface area contributed by atoms with Crippen molar-refractivity contribution in [2.45, 2.75) is 51.3 Å². The lowest BCUT2D eigenvalue weighted by atomic mass is 9.86. The lowest BCUT2D eigenvalue weighted by Gasteiger charge is -2.52. The molecule has 0 saturated carbocycles. The van der Waals surface area contributed by atoms with Crippen LogP contribution in [0, 0.1) is 5.92 Å². The Morgan fingerprint density at radius 1 is 1.07 bits per heavy atom. The highest BCUT2D eigenvalue weighted by Crippen LogP contribution is 2.32. The van der Waals surface area contributed by atoms with Gasteiger partial charge in [0.1, 0.15) is 5.60 Å². The zero-order valence-electron chi connectivity index (χ0n) is 18.0. The standard InChI is InChI=1S/C23H35N3O3/c1-23(2,3)29-22(27)24-11-9-19(10-12-24)25-15-18(16-25)21-17-28-14-13-26(21)20-7-5-4-6-8-20/h4-8,18-19,21H,9-17H2,1-3H3. The van der Waals surface area contributed by atoms with Crippen molar-refractivity contribution in [1.29, 1.82) is 0 Å². The van der Waals surface area contributed by atoms with Crippen molar-refractivity contribution in [2.24, 2.45) is 5.92 Å². The number of piperidine rings is 1. The summed E-state index contributed by atoms with van der Waals surface area (Å²) >= 11 is 0. The minimum atomic E-state index is -0.425. The normalized spacial score (nSPS) is 25.0. The van der Waals surface area contributed by atoms with Gasteiger partial charge in [-0.3, -0.25) is 4.90 Å². The van der Waals surface area contributed by atoms with Crippen LogP contribution in [0.5, 0.6) is 0 Å². The number of ether oxygens (including phenoxy) is 2. The lowest BCUT2D eigenvalue weighted by molar-refractivity contribution is -0.0241. The van der Waals surface area contributed by atoms with Gasteiger partial charge in [0, 0.05) is 50.4 Å². The fourth-order valence-electron chi connectivity index (χ4n) is 4.78. The molecule has 3 fully saturated rings. The summed E-state index contributed by atoms with van der Waals surface area (Å²) in [4.78, 5) is 19.3. The molecule has 0 N–H and O–H groups in total. The summed E-state index contributed by atoms with van der Waals surface area (Å²) in [6, 6.07) is 11.8. The number of nitrogens with zero attached hydrogens (tertiary/aromatic N) is 3. The molecule has 0 bridgehead atoms. The van der Waals surface area contributed by atoms with Crippen molar-refractivity contribution in [3.05, 3.63) is 30.3 Å². The molecule has 1 atom stereocenters. The van der Waals surface area contributed by atoms with Gasteiger partial charge in [-0.2, -0.15) is 0 Å². The van der Waals surface area contributed by atoms with Crippen LogP contribution in [0.3, 0.4) is 0 Å². The molecule has 6 heteroatoms. The highest BCUT2D eigenvalue weighted by atomic mass is 16.6. The average Bonchev–Trinajstić information content (AvgIpc) is 2.67. The molecule has 0 spiro atoms. The molecule has 3 aliphatic heterocycles. The monoisotopic (exact) mass is 401 g/mol. The van der Waals surface area contributed by atoms with Crippen molar-refractivity contribution < 1.29 is 14.3 Å². The van der Waals surface area contributed by atoms with Crippen LogP contribution in [0.1, 0.15) is 33.6 Å². The van der Waals surface area contributed by atoms with Crippen LogP contribution in [-0.4, -0.2) is 79.5 Å². The fourth-order valence-corrected chi connectivity index (χ4v) is 4.78. The first kappa shape index (κ1) is 20.5. The van der Waals surface area contributed by atoms with Crippen LogP contribution in [0.2, 0.25) is 0 Å². The molecule has 6 nitrogen and oxygen atoms in total. The van der Waals surface area contributed by atoms with Gasteiger partial charge in [-0.05, 0) is 45.7 Å². The minimum Gasteiger partial charge on any atom is -0.444 e. The quantitative estimate of drug-likeness (QED) is 0.778. The lowest BCUT2D eigenvalue weighted by Crippen LogP contribution is -2.63. The first-order chi connectivity index (χ1) is 13.9. The molecule has 3 aliphatic rings. The molecule has 160 valence electrons. The van der Waals surface area contributed by atoms with Crippen molar-refractivity contribution in [1.82, 2.24) is 9.80 Å². The largest absolute Gasteiger partial charge is 0.444 e. The number of likely N-dealkylation sites (tertiary alicyclic amines) is 2. The molecule has 3 heterocycles. The third-order valence-electron chi connectivity index (χ3n) is 6.37. The van der Waals surface area contributed by atoms with Gasteiger partial charge in [0.05, 0.1) is 19.3 Å². The first-order valence-corrected chi connectivity index (χ1v) is 11.0. The molecule has 1 aromatic carbocycles. The molecular weight excluding hydrogens is 366 g/mol. The second-order valence-corrected chi connectivity index (χ2v) is 9.58. The first-order valence-electron chi connectivity index (χ1n) is 11.0. The Labute approximate surface area is 174 Å². The number of hydrogen-bond acceptors (Lipinski definition) is 5. The summed E-state index contributed by atoms with van der Waals surface area (Å²) in [6.07, 6.45) is 1.90. The van der Waals surface area contributed by atoms with E-state index >= 15 is 0 Å². The number of carbonyl (C=O) groups is 1. The van der Waals surface area contributed by atoms with Gasteiger partial charge in [-0.25, -0.2) is 4.79 Å². The van der Waals surface area contributed by atoms with E-state index in [0.29, 0.717) is 18.0 Å². The maximum atomic E-state index is 12.3. The molecule has 3 saturated heterocycles. The number of hydrogen-bond donors (Lipinski definition) is 0. The van der Waals surface area contributed by atoms with Gasteiger partial charge >= 0.3 is 6.09 Å². The van der Waals surface area contributed by atoms with Crippen LogP contribution in [-0.2, 0) is 9.47 Å². The third kappa shape index (κ3) is 4.86. The number of rotatable bonds is 3. The third-order valence-corrected chi connectivity index (χ3v) is 6.37. The predicted molar refractivity (Wildman–Crippen MR) is 114 cm³/mol. The molecule has 1 unspecified atom stereocenters. The second kappa shape index (κ2) is 8.52. The van der Waals surface area contributed by atoms with Gasteiger partial charge in [0.25, 0.3) is 0 Å². The smallest absolute Gasteiger partial charge is 0.410 e. The number of amides is 1. The fraction of sp³-hybridized carbons (Fsp3) is 0.696. The zero-order valence-corrected chi connectivity index (χ0v) is 18.0. The predicted octanol–water partition coefficient (Wildman–Crippen LogP) is 3.22. The van der Waals surface area contributed by atoms with E-state index in [1.165, 1.54) is 5.69 Å². The van der Waals surface area contributed by atoms with Crippen molar-refractivity contribution >= 4 is 11.8 Å². The van der Waals surface area contributed by atoms with Crippen LogP contribution in [0.4, 0.5) is 10.5 Å². The van der Waals surface area contributed by atoms with Crippen LogP contribution < -0.4 is 4.90 Å². The van der Waals surface area contributed by atoms with Gasteiger partial charge in [0.2, 0.25) is 0 Å². The number of anilines is 1. The second-order valence-electron chi connectivity index (χ2n) is 9.58. The highest BCUT2D eigenvalue weighted by Gasteiger charge is 2.41. The maximum absolute atomic E-state index is 12.3. The van der Waals surface area contributed by atoms with E-state index in [4.69, 9.17) is 9.47 Å². The van der Waals surface area contributed by atoms with Crippen molar-refractivity contribution in [2.75, 3.05) is 50.8 Å². The Balaban J connectivity index is 1.26. The van der Waals surface area contributed by atoms with E-state index in [9.17, 15) is 4.79 Å². The number of para-hydroxylation sites is 1. The number of morpholine rings is 1. The summed E-state index contributed by atoms with van der Waals surface area (Å²) in [5.41, 5.74) is 0.885. The van der Waals surface area contributed by atoms with Crippen LogP contribution in [0.15, 0.2) is 30.3 Å². The van der Waals surface area contributed by atoms with E-state index < -0.39 is 5.60 Å². The molecule has 0 radical (unpaired) electrons. The van der Waals surface area contributed by atoms with Crippen molar-refractivity contribution in [3.63, 3.8) is 0 Å². The Morgan fingerprint density at radius 2 is 1.76 bits per heavy atom. The Kier molecular flexibility index (Phi) is 6.02. The Morgan fingerprint density at radius 3 is 2.41 bits per heavy atom. The van der Waals surface area contributed by atoms with E-state index in [-0.39, 0.29) is 6.09 Å². The minimum absolute atomic E-state index is 0.171. The van der Waals surface area contributed by atoms with Crippen LogP contribution >= 0.6 is 0 Å². The van der Waals surface area contributed by atoms with Crippen LogP contribution in [0.25, 0.3) is 0 Å². The number of carbonyl (C=O) groups excluding carboxylic acids is 1. The van der Waals surface area contributed by atoms with Gasteiger partial charge in [-0.1, -0.05) is 18.2 Å². The molecule has 4 rings (SSSR count). The Bertz CT molecular complexity index is 676. The van der Waals surface area contributed by atoms with Gasteiger partial charge in [0.15, 0.2) is 0 Å². The average molecular weight is 402 g/mol. The zero-order chi connectivity index (χ0) is 20.4. The summed E-state index contributed by atoms with van der Waals surface area (Å²) < 4.78 is 11.4. The van der Waals surface area contributed by atoms with Crippen molar-refractivity contribution in [3.8, 4) is 0 Å². The van der Waals surface area contributed by atoms with Gasteiger partial charge < -0.3 is 19.3 Å². The molecule has 29 heavy (non-hydrogen) atoms. The highest BCUT2D eigenvalue weighted by molar-refractivity contribution is 5.68. The van der Waals surface area contributed by atoms with E-state index in [2.05, 4.69) is 40.1 Å². The molecule has 0 aliphatic carbocycles. The topological polar surface area (TPSA) is 45.3 Å². The summed E-state index contributed by atoms with van der Waals surface area (Å²) in [6.45, 7) is 12.2. The summed E-state index contributed by atoms with van der Waals surface area (Å²) in [5.74, 6) is 0.652. The molecule has 1 aromatic rings. The molecule has 0 aromatic heterocycles. The van der Waals surface area contributed by atoms with E-state index in [1.54, 1.807) is 0 Å². The maximum Gasteiger partial charge on any atom is 0.410 e. The summed E-state index contributed by atoms with van der Waals surface area (Å²) in [5, 5.41) is 0.